The molecule has 10 heteroatoms. The molecule has 0 spiro atoms. The predicted molar refractivity (Wildman–Crippen MR) is 112 cm³/mol. The molecule has 1 atom stereocenters. The van der Waals surface area contributed by atoms with Crippen molar-refractivity contribution in [3.8, 4) is 10.6 Å². The van der Waals surface area contributed by atoms with Gasteiger partial charge in [0.25, 0.3) is 5.91 Å². The standard InChI is InChI=1S/C20H20ClF3N4OS/c1-11-7-16(17-15(21)10-26-28(17)2)30-18(11)19(29)27-13(9-25)8-12-5-3-4-6-14(12)20(22,23)24/h3-7,10,13H,8-9,25H2,1-2H3,(H,27,29)/t13-/m0/s1. The van der Waals surface area contributed by atoms with Crippen molar-refractivity contribution in [3.05, 3.63) is 63.1 Å². The van der Waals surface area contributed by atoms with Gasteiger partial charge in [0.15, 0.2) is 0 Å². The van der Waals surface area contributed by atoms with Gasteiger partial charge in [-0.05, 0) is 36.6 Å². The van der Waals surface area contributed by atoms with Crippen molar-refractivity contribution in [1.82, 2.24) is 15.1 Å². The molecule has 0 unspecified atom stereocenters. The van der Waals surface area contributed by atoms with E-state index in [1.54, 1.807) is 18.7 Å². The number of rotatable bonds is 6. The minimum Gasteiger partial charge on any atom is -0.347 e. The second-order valence-corrected chi connectivity index (χ2v) is 8.31. The number of nitrogens with zero attached hydrogens (tertiary/aromatic N) is 2. The number of benzene rings is 1. The summed E-state index contributed by atoms with van der Waals surface area (Å²) < 4.78 is 41.4. The van der Waals surface area contributed by atoms with Gasteiger partial charge in [0.2, 0.25) is 0 Å². The number of nitrogens with one attached hydrogen (secondary N) is 1. The van der Waals surface area contributed by atoms with Crippen LogP contribution in [0.5, 0.6) is 0 Å². The SMILES string of the molecule is Cc1cc(-c2c(Cl)cnn2C)sc1C(=O)N[C@H](CN)Cc1ccccc1C(F)(F)F. The summed E-state index contributed by atoms with van der Waals surface area (Å²) in [5.74, 6) is -0.387. The Morgan fingerprint density at radius 3 is 2.67 bits per heavy atom. The maximum Gasteiger partial charge on any atom is 0.416 e. The average Bonchev–Trinajstić information content (AvgIpc) is 3.22. The fraction of sp³-hybridized carbons (Fsp3) is 0.300. The zero-order chi connectivity index (χ0) is 22.1. The monoisotopic (exact) mass is 456 g/mol. The van der Waals surface area contributed by atoms with E-state index in [4.69, 9.17) is 17.3 Å². The van der Waals surface area contributed by atoms with Crippen molar-refractivity contribution in [1.29, 1.82) is 0 Å². The van der Waals surface area contributed by atoms with E-state index in [0.29, 0.717) is 15.6 Å². The van der Waals surface area contributed by atoms with E-state index < -0.39 is 17.8 Å². The molecule has 0 radical (unpaired) electrons. The van der Waals surface area contributed by atoms with Gasteiger partial charge in [0.05, 0.1) is 32.2 Å². The van der Waals surface area contributed by atoms with Crippen LogP contribution in [-0.4, -0.2) is 28.3 Å². The lowest BCUT2D eigenvalue weighted by molar-refractivity contribution is -0.138. The first kappa shape index (κ1) is 22.3. The van der Waals surface area contributed by atoms with Crippen LogP contribution in [0.1, 0.15) is 26.4 Å². The molecule has 3 aromatic rings. The molecular weight excluding hydrogens is 437 g/mol. The third kappa shape index (κ3) is 4.69. The van der Waals surface area contributed by atoms with Gasteiger partial charge in [-0.3, -0.25) is 9.48 Å². The Hall–Kier alpha value is -2.36. The van der Waals surface area contributed by atoms with Crippen LogP contribution in [0, 0.1) is 6.92 Å². The van der Waals surface area contributed by atoms with Crippen LogP contribution in [0.3, 0.4) is 0 Å². The van der Waals surface area contributed by atoms with Crippen LogP contribution in [0.25, 0.3) is 10.6 Å². The van der Waals surface area contributed by atoms with Crippen LogP contribution in [0.4, 0.5) is 13.2 Å². The van der Waals surface area contributed by atoms with Crippen LogP contribution in [0.2, 0.25) is 5.02 Å². The van der Waals surface area contributed by atoms with Gasteiger partial charge in [-0.2, -0.15) is 18.3 Å². The van der Waals surface area contributed by atoms with Crippen molar-refractivity contribution in [2.75, 3.05) is 6.54 Å². The summed E-state index contributed by atoms with van der Waals surface area (Å²) in [7, 11) is 1.75. The van der Waals surface area contributed by atoms with Gasteiger partial charge in [0.1, 0.15) is 0 Å². The molecule has 160 valence electrons. The number of hydrogen-bond acceptors (Lipinski definition) is 4. The summed E-state index contributed by atoms with van der Waals surface area (Å²) in [5.41, 5.74) is 6.54. The van der Waals surface area contributed by atoms with Crippen molar-refractivity contribution in [2.24, 2.45) is 12.8 Å². The molecule has 5 nitrogen and oxygen atoms in total. The Morgan fingerprint density at radius 2 is 2.07 bits per heavy atom. The molecule has 2 aromatic heterocycles. The second kappa shape index (κ2) is 8.79. The molecule has 0 aliphatic carbocycles. The van der Waals surface area contributed by atoms with E-state index in [1.807, 2.05) is 6.07 Å². The van der Waals surface area contributed by atoms with Gasteiger partial charge in [-0.1, -0.05) is 29.8 Å². The molecule has 2 heterocycles. The van der Waals surface area contributed by atoms with Crippen LogP contribution in [-0.2, 0) is 19.6 Å². The van der Waals surface area contributed by atoms with E-state index in [-0.39, 0.29) is 24.4 Å². The highest BCUT2D eigenvalue weighted by Crippen LogP contribution is 2.35. The lowest BCUT2D eigenvalue weighted by Gasteiger charge is -2.19. The molecule has 1 aromatic carbocycles. The van der Waals surface area contributed by atoms with Crippen molar-refractivity contribution < 1.29 is 18.0 Å². The first-order valence-corrected chi connectivity index (χ1v) is 10.3. The summed E-state index contributed by atoms with van der Waals surface area (Å²) in [5, 5.41) is 7.32. The van der Waals surface area contributed by atoms with E-state index in [0.717, 1.165) is 16.5 Å². The maximum absolute atomic E-state index is 13.3. The summed E-state index contributed by atoms with van der Waals surface area (Å²) in [6, 6.07) is 6.48. The van der Waals surface area contributed by atoms with Crippen LogP contribution >= 0.6 is 22.9 Å². The third-order valence-corrected chi connectivity index (χ3v) is 6.18. The lowest BCUT2D eigenvalue weighted by atomic mass is 9.99. The van der Waals surface area contributed by atoms with Crippen molar-refractivity contribution in [3.63, 3.8) is 0 Å². The van der Waals surface area contributed by atoms with Crippen LogP contribution < -0.4 is 11.1 Å². The molecule has 3 N–H and O–H groups in total. The smallest absolute Gasteiger partial charge is 0.347 e. The molecule has 0 bridgehead atoms. The van der Waals surface area contributed by atoms with Crippen molar-refractivity contribution >= 4 is 28.8 Å². The zero-order valence-corrected chi connectivity index (χ0v) is 17.8. The number of aryl methyl sites for hydroxylation is 2. The number of aromatic nitrogens is 2. The minimum absolute atomic E-state index is 0.00275. The first-order valence-electron chi connectivity index (χ1n) is 9.06. The normalized spacial score (nSPS) is 12.8. The summed E-state index contributed by atoms with van der Waals surface area (Å²) >= 11 is 7.43. The van der Waals surface area contributed by atoms with Gasteiger partial charge >= 0.3 is 6.18 Å². The summed E-state index contributed by atoms with van der Waals surface area (Å²) in [6.45, 7) is 1.79. The Labute approximate surface area is 180 Å². The second-order valence-electron chi connectivity index (χ2n) is 6.85. The Balaban J connectivity index is 1.80. The highest BCUT2D eigenvalue weighted by molar-refractivity contribution is 7.17. The van der Waals surface area contributed by atoms with Crippen LogP contribution in [0.15, 0.2) is 36.5 Å². The number of alkyl halides is 3. The molecular formula is C20H20ClF3N4OS. The molecule has 0 aliphatic rings. The van der Waals surface area contributed by atoms with Gasteiger partial charge in [-0.25, -0.2) is 0 Å². The van der Waals surface area contributed by atoms with E-state index >= 15 is 0 Å². The van der Waals surface area contributed by atoms with Crippen molar-refractivity contribution in [2.45, 2.75) is 25.6 Å². The molecule has 3 rings (SSSR count). The number of hydrogen-bond donors (Lipinski definition) is 2. The Kier molecular flexibility index (Phi) is 6.54. The molecule has 0 saturated carbocycles. The van der Waals surface area contributed by atoms with E-state index in [9.17, 15) is 18.0 Å². The summed E-state index contributed by atoms with van der Waals surface area (Å²) in [4.78, 5) is 14.0. The number of amides is 1. The van der Waals surface area contributed by atoms with Gasteiger partial charge in [0, 0.05) is 19.6 Å². The number of nitrogens with two attached hydrogens (primary N) is 1. The maximum atomic E-state index is 13.3. The topological polar surface area (TPSA) is 72.9 Å². The summed E-state index contributed by atoms with van der Waals surface area (Å²) in [6.07, 6.45) is -2.97. The predicted octanol–water partition coefficient (Wildman–Crippen LogP) is 4.43. The highest BCUT2D eigenvalue weighted by Gasteiger charge is 2.33. The molecule has 0 aliphatic heterocycles. The fourth-order valence-electron chi connectivity index (χ4n) is 3.20. The molecule has 0 saturated heterocycles. The average molecular weight is 457 g/mol. The van der Waals surface area contributed by atoms with E-state index in [2.05, 4.69) is 10.4 Å². The molecule has 0 fully saturated rings. The number of carbonyl (C=O) groups excluding carboxylic acids is 1. The zero-order valence-electron chi connectivity index (χ0n) is 16.3. The minimum atomic E-state index is -4.47. The highest BCUT2D eigenvalue weighted by atomic mass is 35.5. The number of thiophene rings is 1. The van der Waals surface area contributed by atoms with E-state index in [1.165, 1.54) is 35.7 Å². The third-order valence-electron chi connectivity index (χ3n) is 4.66. The lowest BCUT2D eigenvalue weighted by Crippen LogP contribution is -2.42. The first-order chi connectivity index (χ1) is 14.1. The molecule has 1 amide bonds. The molecule has 30 heavy (non-hydrogen) atoms. The fourth-order valence-corrected chi connectivity index (χ4v) is 4.69. The number of halogens is 4. The Bertz CT molecular complexity index is 1040. The van der Waals surface area contributed by atoms with Gasteiger partial charge in [-0.15, -0.1) is 11.3 Å². The largest absolute Gasteiger partial charge is 0.416 e. The quantitative estimate of drug-likeness (QED) is 0.576. The Morgan fingerprint density at radius 1 is 1.37 bits per heavy atom. The van der Waals surface area contributed by atoms with Gasteiger partial charge < -0.3 is 11.1 Å². The number of carbonyl (C=O) groups is 1.